The molecule has 0 radical (unpaired) electrons. The summed E-state index contributed by atoms with van der Waals surface area (Å²) in [6.45, 7) is 1.13. The molecule has 0 bridgehead atoms. The summed E-state index contributed by atoms with van der Waals surface area (Å²) in [5.41, 5.74) is 2.33. The predicted octanol–water partition coefficient (Wildman–Crippen LogP) is 2.08. The van der Waals surface area contributed by atoms with Crippen LogP contribution in [-0.2, 0) is 21.9 Å². The summed E-state index contributed by atoms with van der Waals surface area (Å²) >= 11 is 0. The number of aromatic amines is 1. The van der Waals surface area contributed by atoms with Crippen LogP contribution in [0.4, 0.5) is 0 Å². The maximum Gasteiger partial charge on any atom is 0.243 e. The molecule has 1 spiro atoms. The Hall–Kier alpha value is -1.66. The maximum absolute atomic E-state index is 12.8. The summed E-state index contributed by atoms with van der Waals surface area (Å²) in [4.78, 5) is 0.382. The third-order valence-corrected chi connectivity index (χ3v) is 6.91. The van der Waals surface area contributed by atoms with E-state index < -0.39 is 10.0 Å². The lowest BCUT2D eigenvalue weighted by atomic mass is 9.73. The van der Waals surface area contributed by atoms with Gasteiger partial charge >= 0.3 is 0 Å². The van der Waals surface area contributed by atoms with Crippen LogP contribution in [-0.4, -0.2) is 36.0 Å². The van der Waals surface area contributed by atoms with E-state index in [0.29, 0.717) is 18.0 Å². The SMILES string of the molecule is O=S(=O)(c1ccccc1)N1CC[C@@]2(CCCc3cn[nH]c32)C1. The van der Waals surface area contributed by atoms with E-state index in [1.165, 1.54) is 5.56 Å². The molecule has 6 heteroatoms. The highest BCUT2D eigenvalue weighted by atomic mass is 32.2. The molecule has 0 saturated carbocycles. The van der Waals surface area contributed by atoms with Crippen LogP contribution < -0.4 is 0 Å². The summed E-state index contributed by atoms with van der Waals surface area (Å²) < 4.78 is 27.3. The van der Waals surface area contributed by atoms with E-state index in [0.717, 1.165) is 31.4 Å². The topological polar surface area (TPSA) is 66.1 Å². The molecule has 1 aromatic heterocycles. The number of aryl methyl sites for hydroxylation is 1. The molecule has 2 aromatic rings. The van der Waals surface area contributed by atoms with Gasteiger partial charge in [0.1, 0.15) is 0 Å². The third kappa shape index (κ3) is 2.01. The number of nitrogens with one attached hydrogen (secondary N) is 1. The zero-order valence-corrected chi connectivity index (χ0v) is 13.1. The van der Waals surface area contributed by atoms with Gasteiger partial charge in [0.25, 0.3) is 0 Å². The Morgan fingerprint density at radius 3 is 2.82 bits per heavy atom. The minimum atomic E-state index is -3.40. The average Bonchev–Trinajstić information content (AvgIpc) is 3.17. The Bertz CT molecular complexity index is 785. The van der Waals surface area contributed by atoms with Crippen LogP contribution in [0.1, 0.15) is 30.5 Å². The number of H-pyrrole nitrogens is 1. The zero-order chi connectivity index (χ0) is 15.2. The number of sulfonamides is 1. The maximum atomic E-state index is 12.8. The monoisotopic (exact) mass is 317 g/mol. The van der Waals surface area contributed by atoms with E-state index in [9.17, 15) is 8.42 Å². The van der Waals surface area contributed by atoms with Gasteiger partial charge in [-0.1, -0.05) is 18.2 Å². The van der Waals surface area contributed by atoms with Crippen LogP contribution in [0.3, 0.4) is 0 Å². The van der Waals surface area contributed by atoms with Gasteiger partial charge in [0.2, 0.25) is 10.0 Å². The molecule has 116 valence electrons. The molecule has 4 rings (SSSR count). The molecule has 1 saturated heterocycles. The second-order valence-electron chi connectivity index (χ2n) is 6.31. The molecule has 22 heavy (non-hydrogen) atoms. The van der Waals surface area contributed by atoms with Crippen molar-refractivity contribution in [1.82, 2.24) is 14.5 Å². The van der Waals surface area contributed by atoms with Crippen molar-refractivity contribution in [2.75, 3.05) is 13.1 Å². The molecule has 0 amide bonds. The van der Waals surface area contributed by atoms with Crippen LogP contribution in [0.5, 0.6) is 0 Å². The van der Waals surface area contributed by atoms with Gasteiger partial charge in [0, 0.05) is 24.2 Å². The van der Waals surface area contributed by atoms with Crippen molar-refractivity contribution in [3.05, 3.63) is 47.8 Å². The van der Waals surface area contributed by atoms with Crippen molar-refractivity contribution >= 4 is 10.0 Å². The zero-order valence-electron chi connectivity index (χ0n) is 12.3. The average molecular weight is 317 g/mol. The number of rotatable bonds is 2. The van der Waals surface area contributed by atoms with Gasteiger partial charge < -0.3 is 0 Å². The minimum absolute atomic E-state index is 0.0774. The van der Waals surface area contributed by atoms with Crippen molar-refractivity contribution in [2.24, 2.45) is 0 Å². The first-order valence-corrected chi connectivity index (χ1v) is 9.14. The van der Waals surface area contributed by atoms with E-state index in [1.54, 1.807) is 28.6 Å². The first-order valence-electron chi connectivity index (χ1n) is 7.70. The molecule has 1 fully saturated rings. The molecular weight excluding hydrogens is 298 g/mol. The lowest BCUT2D eigenvalue weighted by Crippen LogP contribution is -2.37. The Kier molecular flexibility index (Phi) is 3.13. The van der Waals surface area contributed by atoms with Crippen LogP contribution in [0.25, 0.3) is 0 Å². The van der Waals surface area contributed by atoms with Crippen molar-refractivity contribution in [1.29, 1.82) is 0 Å². The van der Waals surface area contributed by atoms with E-state index in [2.05, 4.69) is 10.2 Å². The second kappa shape index (κ2) is 4.93. The molecule has 0 unspecified atom stereocenters. The van der Waals surface area contributed by atoms with Crippen molar-refractivity contribution in [3.8, 4) is 0 Å². The van der Waals surface area contributed by atoms with E-state index in [1.807, 2.05) is 12.3 Å². The smallest absolute Gasteiger partial charge is 0.243 e. The largest absolute Gasteiger partial charge is 0.282 e. The van der Waals surface area contributed by atoms with Gasteiger partial charge in [0.05, 0.1) is 11.1 Å². The quantitative estimate of drug-likeness (QED) is 0.922. The molecule has 5 nitrogen and oxygen atoms in total. The molecule has 2 aliphatic rings. The highest BCUT2D eigenvalue weighted by molar-refractivity contribution is 7.89. The molecule has 1 aromatic carbocycles. The fourth-order valence-corrected chi connectivity index (χ4v) is 5.44. The van der Waals surface area contributed by atoms with Crippen molar-refractivity contribution in [3.63, 3.8) is 0 Å². The van der Waals surface area contributed by atoms with E-state index in [-0.39, 0.29) is 5.41 Å². The highest BCUT2D eigenvalue weighted by Crippen LogP contribution is 2.44. The Morgan fingerprint density at radius 2 is 2.00 bits per heavy atom. The van der Waals surface area contributed by atoms with Crippen molar-refractivity contribution < 1.29 is 8.42 Å². The summed E-state index contributed by atoms with van der Waals surface area (Å²) in [6, 6.07) is 8.72. The Balaban J connectivity index is 1.67. The molecule has 1 N–H and O–H groups in total. The summed E-state index contributed by atoms with van der Waals surface area (Å²) in [7, 11) is -3.40. The number of hydrogen-bond donors (Lipinski definition) is 1. The van der Waals surface area contributed by atoms with Gasteiger partial charge in [-0.3, -0.25) is 5.10 Å². The highest BCUT2D eigenvalue weighted by Gasteiger charge is 2.47. The molecule has 1 atom stereocenters. The summed E-state index contributed by atoms with van der Waals surface area (Å²) in [5, 5.41) is 7.31. The Labute approximate surface area is 130 Å². The van der Waals surface area contributed by atoms with Crippen LogP contribution in [0, 0.1) is 0 Å². The molecule has 2 heterocycles. The minimum Gasteiger partial charge on any atom is -0.282 e. The van der Waals surface area contributed by atoms with Crippen LogP contribution in [0.15, 0.2) is 41.4 Å². The number of fused-ring (bicyclic) bond motifs is 2. The number of aromatic nitrogens is 2. The van der Waals surface area contributed by atoms with Gasteiger partial charge in [-0.05, 0) is 43.4 Å². The van der Waals surface area contributed by atoms with E-state index in [4.69, 9.17) is 0 Å². The number of hydrogen-bond acceptors (Lipinski definition) is 3. The normalized spacial score (nSPS) is 25.5. The standard InChI is InChI=1S/C16H19N3O2S/c20-22(21,14-6-2-1-3-7-14)19-10-9-16(12-19)8-4-5-13-11-17-18-15(13)16/h1-3,6-7,11H,4-5,8-10,12H2,(H,17,18)/t16-/m0/s1. The molecule has 1 aliphatic heterocycles. The first-order chi connectivity index (χ1) is 10.6. The third-order valence-electron chi connectivity index (χ3n) is 5.05. The van der Waals surface area contributed by atoms with Crippen molar-refractivity contribution in [2.45, 2.75) is 36.0 Å². The lowest BCUT2D eigenvalue weighted by molar-refractivity contribution is 0.358. The Morgan fingerprint density at radius 1 is 1.18 bits per heavy atom. The van der Waals surface area contributed by atoms with Gasteiger partial charge in [-0.2, -0.15) is 9.40 Å². The number of nitrogens with zero attached hydrogens (tertiary/aromatic N) is 2. The van der Waals surface area contributed by atoms with Crippen LogP contribution in [0.2, 0.25) is 0 Å². The summed E-state index contributed by atoms with van der Waals surface area (Å²) in [6.07, 6.45) is 5.94. The molecule has 1 aliphatic carbocycles. The first kappa shape index (κ1) is 14.0. The second-order valence-corrected chi connectivity index (χ2v) is 8.24. The fourth-order valence-electron chi connectivity index (χ4n) is 3.89. The van der Waals surface area contributed by atoms with E-state index >= 15 is 0 Å². The molecular formula is C16H19N3O2S. The lowest BCUT2D eigenvalue weighted by Gasteiger charge is -2.32. The van der Waals surface area contributed by atoms with Crippen LogP contribution >= 0.6 is 0 Å². The van der Waals surface area contributed by atoms with Gasteiger partial charge in [-0.15, -0.1) is 0 Å². The summed E-state index contributed by atoms with van der Waals surface area (Å²) in [5.74, 6) is 0. The number of benzene rings is 1. The fraction of sp³-hybridized carbons (Fsp3) is 0.438. The predicted molar refractivity (Wildman–Crippen MR) is 83.0 cm³/mol. The van der Waals surface area contributed by atoms with Gasteiger partial charge in [-0.25, -0.2) is 8.42 Å². The van der Waals surface area contributed by atoms with Gasteiger partial charge in [0.15, 0.2) is 0 Å².